The molecule has 0 aromatic heterocycles. The number of carbonyl (C=O) groups is 7. The number of amides is 6. The molecule has 5 N–H and O–H groups in total. The zero-order valence-corrected chi connectivity index (χ0v) is 50.3. The molecular weight excluding hydrogens is 1100 g/mol. The van der Waals surface area contributed by atoms with Crippen LogP contribution < -0.4 is 31.0 Å². The molecule has 0 unspecified atom stereocenters. The van der Waals surface area contributed by atoms with Crippen molar-refractivity contribution in [3.05, 3.63) is 138 Å². The van der Waals surface area contributed by atoms with Gasteiger partial charge in [-0.3, -0.25) is 24.0 Å². The SMILES string of the molecule is CC[C@H](C)[C@@H]1NC(=O)[C@H](Cc2ccc(O[Si](C)(C)C(C)(C)C)cc2)N(C)C(=O)[C@H](Cc2ccccc2)NC(=O)[C@H](CCCOCc2ccccc2)NC(=O)[C@H](Cc2ccccc2)NC(=O)[C@@H](NC(=O)OCC(Cl)(Cl)Cl)[C@@H](C)OC1=O. The zero-order valence-electron chi connectivity index (χ0n) is 47.0. The Kier molecular flexibility index (Phi) is 24.3. The van der Waals surface area contributed by atoms with Gasteiger partial charge in [0.05, 0.1) is 6.61 Å². The second kappa shape index (κ2) is 30.0. The number of carbonyl (C=O) groups excluding carboxylic acids is 7. The van der Waals surface area contributed by atoms with E-state index in [4.69, 9.17) is 53.4 Å². The molecule has 1 aliphatic heterocycles. The summed E-state index contributed by atoms with van der Waals surface area (Å²) in [5.74, 6) is -4.82. The van der Waals surface area contributed by atoms with Crippen LogP contribution in [0.5, 0.6) is 5.75 Å². The van der Waals surface area contributed by atoms with Gasteiger partial charge in [0, 0.05) is 32.9 Å². The Bertz CT molecular complexity index is 2680. The van der Waals surface area contributed by atoms with Crippen molar-refractivity contribution in [2.75, 3.05) is 20.3 Å². The Morgan fingerprint density at radius 1 is 0.700 bits per heavy atom. The van der Waals surface area contributed by atoms with E-state index in [-0.39, 0.29) is 50.4 Å². The van der Waals surface area contributed by atoms with Crippen LogP contribution in [0.25, 0.3) is 0 Å². The van der Waals surface area contributed by atoms with Gasteiger partial charge in [0.2, 0.25) is 41.6 Å². The summed E-state index contributed by atoms with van der Waals surface area (Å²) in [6.45, 7) is 15.3. The molecule has 0 spiro atoms. The van der Waals surface area contributed by atoms with Crippen LogP contribution in [0.1, 0.15) is 83.1 Å². The van der Waals surface area contributed by atoms with E-state index in [2.05, 4.69) is 60.4 Å². The summed E-state index contributed by atoms with van der Waals surface area (Å²) < 4.78 is 21.6. The number of ether oxygens (including phenoxy) is 3. The first-order valence-electron chi connectivity index (χ1n) is 26.9. The lowest BCUT2D eigenvalue weighted by atomic mass is 9.97. The van der Waals surface area contributed by atoms with Crippen LogP contribution in [0.2, 0.25) is 18.1 Å². The van der Waals surface area contributed by atoms with E-state index in [0.29, 0.717) is 28.9 Å². The highest BCUT2D eigenvalue weighted by Crippen LogP contribution is 2.37. The second-order valence-electron chi connectivity index (χ2n) is 21.7. The van der Waals surface area contributed by atoms with Crippen molar-refractivity contribution in [1.29, 1.82) is 0 Å². The van der Waals surface area contributed by atoms with Crippen LogP contribution in [0, 0.1) is 5.92 Å². The Balaban J connectivity index is 1.63. The first-order valence-corrected chi connectivity index (χ1v) is 31.0. The fourth-order valence-electron chi connectivity index (χ4n) is 8.46. The van der Waals surface area contributed by atoms with E-state index in [0.717, 1.165) is 5.56 Å². The smallest absolute Gasteiger partial charge is 0.408 e. The van der Waals surface area contributed by atoms with Crippen molar-refractivity contribution in [3.63, 3.8) is 0 Å². The Labute approximate surface area is 486 Å². The number of nitrogens with one attached hydrogen (secondary N) is 5. The van der Waals surface area contributed by atoms with E-state index < -0.39 is 109 Å². The van der Waals surface area contributed by atoms with E-state index in [1.807, 2.05) is 60.7 Å². The zero-order chi connectivity index (χ0) is 58.8. The van der Waals surface area contributed by atoms with Crippen LogP contribution in [0.3, 0.4) is 0 Å². The lowest BCUT2D eigenvalue weighted by Gasteiger charge is -2.36. The highest BCUT2D eigenvalue weighted by molar-refractivity contribution is 6.74. The molecule has 6 amide bonds. The minimum atomic E-state index is -2.24. The van der Waals surface area contributed by atoms with Crippen molar-refractivity contribution in [2.24, 2.45) is 5.92 Å². The summed E-state index contributed by atoms with van der Waals surface area (Å²) in [5, 5.41) is 13.7. The van der Waals surface area contributed by atoms with Crippen LogP contribution in [-0.2, 0) is 68.8 Å². The molecule has 5 rings (SSSR count). The highest BCUT2D eigenvalue weighted by atomic mass is 35.6. The number of benzene rings is 4. The van der Waals surface area contributed by atoms with E-state index >= 15 is 9.59 Å². The molecule has 8 atom stereocenters. The fraction of sp³-hybridized carbons (Fsp3) is 0.475. The summed E-state index contributed by atoms with van der Waals surface area (Å²) in [6.07, 6.45) is -2.28. The van der Waals surface area contributed by atoms with Crippen molar-refractivity contribution in [2.45, 2.75) is 151 Å². The molecule has 0 aliphatic carbocycles. The van der Waals surface area contributed by atoms with Crippen LogP contribution in [0.15, 0.2) is 115 Å². The highest BCUT2D eigenvalue weighted by Gasteiger charge is 2.42. The number of halogens is 3. The maximum absolute atomic E-state index is 15.3. The third-order valence-corrected chi connectivity index (χ3v) is 19.1. The number of hydrogen-bond donors (Lipinski definition) is 5. The maximum atomic E-state index is 15.3. The number of hydrogen-bond acceptors (Lipinski definition) is 11. The molecule has 1 heterocycles. The minimum Gasteiger partial charge on any atom is -0.544 e. The van der Waals surface area contributed by atoms with Gasteiger partial charge in [-0.05, 0) is 78.2 Å². The molecule has 4 aromatic rings. The van der Waals surface area contributed by atoms with E-state index in [1.54, 1.807) is 68.4 Å². The Hall–Kier alpha value is -6.18. The Morgan fingerprint density at radius 3 is 1.76 bits per heavy atom. The molecule has 4 aromatic carbocycles. The van der Waals surface area contributed by atoms with Gasteiger partial charge in [-0.2, -0.15) is 0 Å². The largest absolute Gasteiger partial charge is 0.544 e. The Morgan fingerprint density at radius 2 is 1.21 bits per heavy atom. The average Bonchev–Trinajstić information content (AvgIpc) is 3.42. The number of likely N-dealkylation sites (N-methyl/N-ethyl adjacent to an activating group) is 1. The second-order valence-corrected chi connectivity index (χ2v) is 29.0. The van der Waals surface area contributed by atoms with Gasteiger partial charge >= 0.3 is 12.1 Å². The fourth-order valence-corrected chi connectivity index (χ4v) is 9.66. The number of nitrogens with zero attached hydrogens (tertiary/aromatic N) is 1. The van der Waals surface area contributed by atoms with Crippen LogP contribution >= 0.6 is 34.8 Å². The van der Waals surface area contributed by atoms with Gasteiger partial charge in [-0.25, -0.2) is 9.59 Å². The average molecular weight is 1180 g/mol. The summed E-state index contributed by atoms with van der Waals surface area (Å²) in [6, 6.07) is 26.1. The van der Waals surface area contributed by atoms with Crippen molar-refractivity contribution in [1.82, 2.24) is 31.5 Å². The molecule has 1 saturated heterocycles. The van der Waals surface area contributed by atoms with Gasteiger partial charge in [0.15, 0.2) is 0 Å². The van der Waals surface area contributed by atoms with Crippen molar-refractivity contribution < 1.29 is 52.2 Å². The molecule has 17 nitrogen and oxygen atoms in total. The molecule has 434 valence electrons. The summed E-state index contributed by atoms with van der Waals surface area (Å²) >= 11 is 17.6. The lowest BCUT2D eigenvalue weighted by Crippen LogP contribution is -2.61. The number of alkyl carbamates (subject to hydrolysis) is 1. The molecule has 80 heavy (non-hydrogen) atoms. The standard InChI is InChI=1S/C59H77Cl3N6O11Si/c1-10-38(2)49-56(74)78-39(3)50(67-57(75)77-37-59(60,61)62)54(72)64-46(33-40-21-14-11-15-22-40)52(70)63-45(27-20-32-76-36-43-25-18-13-19-26-43)51(69)65-47(34-41-23-16-12-17-24-41)55(73)68(7)48(53(71)66-49)35-42-28-30-44(31-29-42)79-80(8,9)58(4,5)6/h11-19,21-26,28-31,38-39,45-50H,10,20,27,32-37H2,1-9H3,(H,63,70)(H,64,72)(H,65,69)(H,66,71)(H,67,75)/t38-,39+,45-,46-,47-,48-,49-,50-/m0/s1. The minimum absolute atomic E-state index is 0.0177. The topological polar surface area (TPSA) is 220 Å². The number of alkyl halides is 3. The molecule has 1 fully saturated rings. The van der Waals surface area contributed by atoms with Gasteiger partial charge in [-0.1, -0.05) is 179 Å². The summed E-state index contributed by atoms with van der Waals surface area (Å²) in [4.78, 5) is 104. The quantitative estimate of drug-likeness (QED) is 0.0276. The number of esters is 1. The third kappa shape index (κ3) is 20.1. The van der Waals surface area contributed by atoms with Crippen molar-refractivity contribution in [3.8, 4) is 5.75 Å². The van der Waals surface area contributed by atoms with Crippen LogP contribution in [0.4, 0.5) is 4.79 Å². The lowest BCUT2D eigenvalue weighted by molar-refractivity contribution is -0.157. The van der Waals surface area contributed by atoms with Gasteiger partial charge in [-0.15, -0.1) is 0 Å². The first kappa shape index (κ1) is 64.6. The molecule has 0 radical (unpaired) electrons. The molecule has 0 saturated carbocycles. The molecule has 0 bridgehead atoms. The maximum Gasteiger partial charge on any atom is 0.408 e. The molecule has 1 aliphatic rings. The normalized spacial score (nSPS) is 21.8. The van der Waals surface area contributed by atoms with Gasteiger partial charge < -0.3 is 50.1 Å². The van der Waals surface area contributed by atoms with E-state index in [1.165, 1.54) is 18.9 Å². The monoisotopic (exact) mass is 1180 g/mol. The summed E-state index contributed by atoms with van der Waals surface area (Å²) in [7, 11) is -0.781. The summed E-state index contributed by atoms with van der Waals surface area (Å²) in [5.41, 5.74) is 2.88. The third-order valence-electron chi connectivity index (χ3n) is 14.4. The predicted molar refractivity (Wildman–Crippen MR) is 311 cm³/mol. The first-order chi connectivity index (χ1) is 37.7. The van der Waals surface area contributed by atoms with Crippen molar-refractivity contribution >= 4 is 84.7 Å². The molecular formula is C59H77Cl3N6O11Si. The molecule has 21 heteroatoms. The van der Waals surface area contributed by atoms with E-state index in [9.17, 15) is 24.0 Å². The van der Waals surface area contributed by atoms with Gasteiger partial charge in [0.25, 0.3) is 0 Å². The van der Waals surface area contributed by atoms with Crippen LogP contribution in [-0.4, -0.2) is 121 Å². The predicted octanol–water partition coefficient (Wildman–Crippen LogP) is 8.32. The number of cyclic esters (lactones) is 1. The number of rotatable bonds is 18. The van der Waals surface area contributed by atoms with Gasteiger partial charge in [0.1, 0.15) is 54.7 Å².